The number of carbonyl (C=O) groups excluding carboxylic acids is 1. The Morgan fingerprint density at radius 1 is 1.40 bits per heavy atom. The number of amides is 1. The fourth-order valence-corrected chi connectivity index (χ4v) is 1.66. The van der Waals surface area contributed by atoms with Crippen LogP contribution in [0.4, 0.5) is 0 Å². The van der Waals surface area contributed by atoms with E-state index in [1.165, 1.54) is 0 Å². The summed E-state index contributed by atoms with van der Waals surface area (Å²) in [4.78, 5) is 22.3. The Morgan fingerprint density at radius 3 is 2.65 bits per heavy atom. The minimum Gasteiger partial charge on any atom is -0.482 e. The smallest absolute Gasteiger partial charge is 0.305 e. The van der Waals surface area contributed by atoms with E-state index >= 15 is 0 Å². The Morgan fingerprint density at radius 2 is 2.05 bits per heavy atom. The number of benzene rings is 1. The van der Waals surface area contributed by atoms with Gasteiger partial charge in [-0.3, -0.25) is 9.59 Å². The summed E-state index contributed by atoms with van der Waals surface area (Å²) in [5, 5.41) is 20.2. The van der Waals surface area contributed by atoms with E-state index in [1.54, 1.807) is 38.1 Å². The minimum absolute atomic E-state index is 0.187. The largest absolute Gasteiger partial charge is 0.482 e. The Hall–Kier alpha value is -2.55. The number of para-hydroxylation sites is 1. The van der Waals surface area contributed by atoms with Gasteiger partial charge in [0.15, 0.2) is 6.61 Å². The average Bonchev–Trinajstić information content (AvgIpc) is 2.34. The van der Waals surface area contributed by atoms with Gasteiger partial charge in [0.2, 0.25) is 0 Å². The summed E-state index contributed by atoms with van der Waals surface area (Å²) in [6.45, 7) is 2.95. The number of aliphatic carboxylic acids is 1. The molecule has 0 aromatic heterocycles. The molecule has 1 rings (SSSR count). The van der Waals surface area contributed by atoms with Crippen LogP contribution in [0.1, 0.15) is 25.8 Å². The molecule has 0 heterocycles. The van der Waals surface area contributed by atoms with Gasteiger partial charge in [-0.05, 0) is 26.0 Å². The summed E-state index contributed by atoms with van der Waals surface area (Å²) in [6.07, 6.45) is -0.187. The maximum atomic E-state index is 11.7. The van der Waals surface area contributed by atoms with Crippen LogP contribution in [0.3, 0.4) is 0 Å². The fraction of sp³-hybridized carbons (Fsp3) is 0.357. The number of carboxylic acid groups (broad SMARTS) is 1. The Kier molecular flexibility index (Phi) is 5.09. The van der Waals surface area contributed by atoms with Gasteiger partial charge in [-0.25, -0.2) is 0 Å². The lowest BCUT2D eigenvalue weighted by atomic mass is 10.0. The van der Waals surface area contributed by atoms with Gasteiger partial charge in [0, 0.05) is 5.54 Å². The second kappa shape index (κ2) is 6.57. The number of carboxylic acids is 1. The van der Waals surface area contributed by atoms with Crippen molar-refractivity contribution in [3.63, 3.8) is 0 Å². The second-order valence-electron chi connectivity index (χ2n) is 4.90. The second-order valence-corrected chi connectivity index (χ2v) is 4.90. The lowest BCUT2D eigenvalue weighted by Gasteiger charge is -2.24. The molecule has 0 aliphatic rings. The molecule has 0 unspecified atom stereocenters. The number of hydrogen-bond donors (Lipinski definition) is 2. The van der Waals surface area contributed by atoms with Gasteiger partial charge < -0.3 is 15.2 Å². The van der Waals surface area contributed by atoms with Crippen LogP contribution in [-0.2, 0) is 9.59 Å². The van der Waals surface area contributed by atoms with Crippen molar-refractivity contribution in [3.8, 4) is 11.8 Å². The van der Waals surface area contributed by atoms with E-state index in [0.29, 0.717) is 11.3 Å². The van der Waals surface area contributed by atoms with Crippen molar-refractivity contribution in [1.29, 1.82) is 5.26 Å². The van der Waals surface area contributed by atoms with Crippen molar-refractivity contribution in [3.05, 3.63) is 29.8 Å². The van der Waals surface area contributed by atoms with Crippen LogP contribution in [0, 0.1) is 11.3 Å². The number of nitrogens with one attached hydrogen (secondary N) is 1. The van der Waals surface area contributed by atoms with Gasteiger partial charge in [-0.1, -0.05) is 12.1 Å². The number of rotatable bonds is 6. The highest BCUT2D eigenvalue weighted by atomic mass is 16.5. The quantitative estimate of drug-likeness (QED) is 0.816. The number of nitrogens with zero attached hydrogens (tertiary/aromatic N) is 1. The van der Waals surface area contributed by atoms with Crippen LogP contribution >= 0.6 is 0 Å². The first-order chi connectivity index (χ1) is 9.34. The molecule has 0 aliphatic carbocycles. The Bertz CT molecular complexity index is 546. The molecular formula is C14H16N2O4. The highest BCUT2D eigenvalue weighted by molar-refractivity contribution is 5.79. The van der Waals surface area contributed by atoms with E-state index in [-0.39, 0.29) is 13.0 Å². The van der Waals surface area contributed by atoms with E-state index in [2.05, 4.69) is 5.32 Å². The normalized spacial score (nSPS) is 10.4. The van der Waals surface area contributed by atoms with Crippen LogP contribution in [0.15, 0.2) is 24.3 Å². The predicted molar refractivity (Wildman–Crippen MR) is 71.1 cm³/mol. The van der Waals surface area contributed by atoms with E-state index in [4.69, 9.17) is 15.1 Å². The van der Waals surface area contributed by atoms with Gasteiger partial charge in [-0.15, -0.1) is 0 Å². The topological polar surface area (TPSA) is 99.4 Å². The SMILES string of the molecule is CC(C)(CC(=O)O)NC(=O)COc1ccccc1C#N. The first-order valence-electron chi connectivity index (χ1n) is 5.99. The molecule has 0 saturated carbocycles. The zero-order valence-electron chi connectivity index (χ0n) is 11.3. The molecule has 6 nitrogen and oxygen atoms in total. The van der Waals surface area contributed by atoms with Crippen molar-refractivity contribution in [1.82, 2.24) is 5.32 Å². The highest BCUT2D eigenvalue weighted by Crippen LogP contribution is 2.16. The van der Waals surface area contributed by atoms with E-state index in [1.807, 2.05) is 6.07 Å². The molecule has 1 amide bonds. The Labute approximate surface area is 117 Å². The van der Waals surface area contributed by atoms with Gasteiger partial charge >= 0.3 is 5.97 Å². The summed E-state index contributed by atoms with van der Waals surface area (Å²) in [5.41, 5.74) is -0.522. The first kappa shape index (κ1) is 15.5. The third kappa shape index (κ3) is 4.98. The molecule has 20 heavy (non-hydrogen) atoms. The first-order valence-corrected chi connectivity index (χ1v) is 5.99. The monoisotopic (exact) mass is 276 g/mol. The van der Waals surface area contributed by atoms with Crippen LogP contribution in [0.5, 0.6) is 5.75 Å². The standard InChI is InChI=1S/C14H16N2O4/c1-14(2,7-13(18)19)16-12(17)9-20-11-6-4-3-5-10(11)8-15/h3-6H,7,9H2,1-2H3,(H,16,17)(H,18,19). The Balaban J connectivity index is 2.56. The number of nitriles is 1. The minimum atomic E-state index is -0.994. The van der Waals surface area contributed by atoms with Crippen LogP contribution < -0.4 is 10.1 Å². The fourth-order valence-electron chi connectivity index (χ4n) is 1.66. The van der Waals surface area contributed by atoms with Crippen LogP contribution in [0.25, 0.3) is 0 Å². The van der Waals surface area contributed by atoms with Crippen molar-refractivity contribution < 1.29 is 19.4 Å². The van der Waals surface area contributed by atoms with E-state index in [9.17, 15) is 9.59 Å². The highest BCUT2D eigenvalue weighted by Gasteiger charge is 2.24. The zero-order chi connectivity index (χ0) is 15.2. The molecule has 0 spiro atoms. The molecule has 0 bridgehead atoms. The number of hydrogen-bond acceptors (Lipinski definition) is 4. The maximum absolute atomic E-state index is 11.7. The summed E-state index contributed by atoms with van der Waals surface area (Å²) in [6, 6.07) is 8.53. The molecule has 106 valence electrons. The summed E-state index contributed by atoms with van der Waals surface area (Å²) in [7, 11) is 0. The van der Waals surface area contributed by atoms with Crippen LogP contribution in [0.2, 0.25) is 0 Å². The molecule has 0 fully saturated rings. The average molecular weight is 276 g/mol. The van der Waals surface area contributed by atoms with Crippen molar-refractivity contribution in [2.75, 3.05) is 6.61 Å². The summed E-state index contributed by atoms with van der Waals surface area (Å²) in [5.74, 6) is -1.11. The van der Waals surface area contributed by atoms with E-state index in [0.717, 1.165) is 0 Å². The molecule has 1 aromatic carbocycles. The number of carbonyl (C=O) groups is 2. The third-order valence-corrected chi connectivity index (χ3v) is 2.44. The molecular weight excluding hydrogens is 260 g/mol. The molecule has 0 atom stereocenters. The number of ether oxygens (including phenoxy) is 1. The molecule has 1 aromatic rings. The third-order valence-electron chi connectivity index (χ3n) is 2.44. The maximum Gasteiger partial charge on any atom is 0.305 e. The van der Waals surface area contributed by atoms with Gasteiger partial charge in [-0.2, -0.15) is 5.26 Å². The van der Waals surface area contributed by atoms with Gasteiger partial charge in [0.25, 0.3) is 5.91 Å². The lowest BCUT2D eigenvalue weighted by Crippen LogP contribution is -2.46. The van der Waals surface area contributed by atoms with Crippen molar-refractivity contribution >= 4 is 11.9 Å². The van der Waals surface area contributed by atoms with Crippen LogP contribution in [-0.4, -0.2) is 29.1 Å². The summed E-state index contributed by atoms with van der Waals surface area (Å²) < 4.78 is 5.26. The van der Waals surface area contributed by atoms with Gasteiger partial charge in [0.1, 0.15) is 11.8 Å². The molecule has 2 N–H and O–H groups in total. The zero-order valence-corrected chi connectivity index (χ0v) is 11.3. The van der Waals surface area contributed by atoms with Crippen molar-refractivity contribution in [2.24, 2.45) is 0 Å². The van der Waals surface area contributed by atoms with Crippen molar-refractivity contribution in [2.45, 2.75) is 25.8 Å². The van der Waals surface area contributed by atoms with Gasteiger partial charge in [0.05, 0.1) is 12.0 Å². The molecule has 6 heteroatoms. The predicted octanol–water partition coefficient (Wildman–Crippen LogP) is 1.31. The molecule has 0 saturated heterocycles. The van der Waals surface area contributed by atoms with E-state index < -0.39 is 17.4 Å². The lowest BCUT2D eigenvalue weighted by molar-refractivity contribution is -0.138. The summed E-state index contributed by atoms with van der Waals surface area (Å²) >= 11 is 0. The molecule has 0 aliphatic heterocycles. The molecule has 0 radical (unpaired) electrons.